The summed E-state index contributed by atoms with van der Waals surface area (Å²) < 4.78 is 7.41. The molecule has 0 aromatic carbocycles. The van der Waals surface area contributed by atoms with Crippen molar-refractivity contribution in [2.45, 2.75) is 6.92 Å². The first-order chi connectivity index (χ1) is 10.8. The summed E-state index contributed by atoms with van der Waals surface area (Å²) in [5.41, 5.74) is 3.81. The van der Waals surface area contributed by atoms with Gasteiger partial charge in [0.25, 0.3) is 0 Å². The fourth-order valence-electron chi connectivity index (χ4n) is 2.41. The lowest BCUT2D eigenvalue weighted by molar-refractivity contribution is 0.399. The number of hydrogen-bond donors (Lipinski definition) is 0. The zero-order valence-corrected chi connectivity index (χ0v) is 13.6. The van der Waals surface area contributed by atoms with Gasteiger partial charge in [0.05, 0.1) is 24.1 Å². The highest BCUT2D eigenvalue weighted by Gasteiger charge is 2.17. The molecule has 22 heavy (non-hydrogen) atoms. The number of methoxy groups -OCH3 is 1. The van der Waals surface area contributed by atoms with Crippen LogP contribution in [0, 0.1) is 6.92 Å². The van der Waals surface area contributed by atoms with Gasteiger partial charge in [-0.1, -0.05) is 0 Å². The number of nitrogens with zero attached hydrogens (tertiary/aromatic N) is 4. The standard InChI is InChI=1S/C15H12N4OS2/c1-9-12(19-6-7-21-15(19)17-9)14-18-11(8-22-14)10-4-3-5-16-13(10)20-2/h3-8H,1-2H3. The second-order valence-electron chi connectivity index (χ2n) is 4.70. The number of aryl methyl sites for hydroxylation is 1. The van der Waals surface area contributed by atoms with Crippen LogP contribution < -0.4 is 4.74 Å². The zero-order valence-electron chi connectivity index (χ0n) is 12.0. The highest BCUT2D eigenvalue weighted by molar-refractivity contribution is 7.15. The third-order valence-electron chi connectivity index (χ3n) is 3.38. The van der Waals surface area contributed by atoms with Gasteiger partial charge in [0.1, 0.15) is 10.7 Å². The average Bonchev–Trinajstić information content (AvgIpc) is 3.22. The van der Waals surface area contributed by atoms with E-state index in [4.69, 9.17) is 9.72 Å². The van der Waals surface area contributed by atoms with Crippen molar-refractivity contribution >= 4 is 27.6 Å². The van der Waals surface area contributed by atoms with Crippen LogP contribution in [0.4, 0.5) is 0 Å². The molecule has 4 aromatic rings. The highest BCUT2D eigenvalue weighted by Crippen LogP contribution is 2.34. The van der Waals surface area contributed by atoms with Crippen LogP contribution in [0.2, 0.25) is 0 Å². The van der Waals surface area contributed by atoms with Crippen LogP contribution in [0.15, 0.2) is 35.3 Å². The van der Waals surface area contributed by atoms with Gasteiger partial charge in [-0.2, -0.15) is 0 Å². The van der Waals surface area contributed by atoms with Gasteiger partial charge in [-0.25, -0.2) is 15.0 Å². The monoisotopic (exact) mass is 328 g/mol. The second-order valence-corrected chi connectivity index (χ2v) is 6.43. The summed E-state index contributed by atoms with van der Waals surface area (Å²) in [6.07, 6.45) is 3.74. The topological polar surface area (TPSA) is 52.3 Å². The minimum atomic E-state index is 0.588. The molecular weight excluding hydrogens is 316 g/mol. The third-order valence-corrected chi connectivity index (χ3v) is 4.99. The Labute approximate surface area is 134 Å². The maximum atomic E-state index is 5.32. The van der Waals surface area contributed by atoms with Crippen molar-refractivity contribution < 1.29 is 4.74 Å². The zero-order chi connectivity index (χ0) is 15.1. The van der Waals surface area contributed by atoms with Crippen molar-refractivity contribution in [2.75, 3.05) is 7.11 Å². The maximum absolute atomic E-state index is 5.32. The molecule has 0 spiro atoms. The van der Waals surface area contributed by atoms with Crippen LogP contribution in [0.3, 0.4) is 0 Å². The molecule has 0 aliphatic carbocycles. The van der Waals surface area contributed by atoms with Crippen molar-refractivity contribution in [1.82, 2.24) is 19.4 Å². The normalized spacial score (nSPS) is 11.2. The van der Waals surface area contributed by atoms with Gasteiger partial charge in [-0.15, -0.1) is 22.7 Å². The van der Waals surface area contributed by atoms with E-state index in [0.29, 0.717) is 5.88 Å². The van der Waals surface area contributed by atoms with E-state index in [1.807, 2.05) is 36.0 Å². The Morgan fingerprint density at radius 1 is 1.23 bits per heavy atom. The molecule has 5 nitrogen and oxygen atoms in total. The number of ether oxygens (including phenoxy) is 1. The van der Waals surface area contributed by atoms with Gasteiger partial charge in [-0.3, -0.25) is 4.40 Å². The average molecular weight is 328 g/mol. The quantitative estimate of drug-likeness (QED) is 0.572. The predicted molar refractivity (Wildman–Crippen MR) is 88.7 cm³/mol. The Hall–Kier alpha value is -2.25. The first-order valence-corrected chi connectivity index (χ1v) is 8.41. The van der Waals surface area contributed by atoms with Crippen LogP contribution in [-0.2, 0) is 0 Å². The number of aromatic nitrogens is 4. The lowest BCUT2D eigenvalue weighted by Gasteiger charge is -2.03. The van der Waals surface area contributed by atoms with Crippen molar-refractivity contribution in [3.05, 3.63) is 41.0 Å². The number of hydrogen-bond acceptors (Lipinski definition) is 6. The molecule has 0 fully saturated rings. The molecule has 0 atom stereocenters. The Morgan fingerprint density at radius 2 is 2.14 bits per heavy atom. The van der Waals surface area contributed by atoms with E-state index in [9.17, 15) is 0 Å². The van der Waals surface area contributed by atoms with Crippen LogP contribution >= 0.6 is 22.7 Å². The fourth-order valence-corrected chi connectivity index (χ4v) is 4.08. The van der Waals surface area contributed by atoms with E-state index in [1.54, 1.807) is 36.0 Å². The molecule has 0 N–H and O–H groups in total. The van der Waals surface area contributed by atoms with Crippen molar-refractivity contribution in [3.8, 4) is 27.8 Å². The summed E-state index contributed by atoms with van der Waals surface area (Å²) in [5.74, 6) is 0.588. The molecule has 0 aliphatic heterocycles. The molecule has 0 saturated carbocycles. The van der Waals surface area contributed by atoms with E-state index in [1.165, 1.54) is 0 Å². The largest absolute Gasteiger partial charge is 0.481 e. The fraction of sp³-hybridized carbons (Fsp3) is 0.133. The Kier molecular flexibility index (Phi) is 3.16. The van der Waals surface area contributed by atoms with Crippen molar-refractivity contribution in [3.63, 3.8) is 0 Å². The van der Waals surface area contributed by atoms with Gasteiger partial charge in [0.15, 0.2) is 4.96 Å². The van der Waals surface area contributed by atoms with Crippen LogP contribution in [-0.4, -0.2) is 26.5 Å². The Bertz CT molecular complexity index is 953. The predicted octanol–water partition coefficient (Wildman–Crippen LogP) is 3.90. The van der Waals surface area contributed by atoms with Crippen LogP contribution in [0.1, 0.15) is 5.69 Å². The maximum Gasteiger partial charge on any atom is 0.222 e. The molecule has 0 amide bonds. The number of thiazole rings is 2. The van der Waals surface area contributed by atoms with Gasteiger partial charge in [0.2, 0.25) is 5.88 Å². The Morgan fingerprint density at radius 3 is 3.00 bits per heavy atom. The van der Waals surface area contributed by atoms with Crippen molar-refractivity contribution in [1.29, 1.82) is 0 Å². The van der Waals surface area contributed by atoms with Gasteiger partial charge in [-0.05, 0) is 19.1 Å². The number of imidazole rings is 1. The molecular formula is C15H12N4OS2. The van der Waals surface area contributed by atoms with E-state index < -0.39 is 0 Å². The molecule has 4 aromatic heterocycles. The van der Waals surface area contributed by atoms with E-state index in [-0.39, 0.29) is 0 Å². The van der Waals surface area contributed by atoms with Crippen LogP contribution in [0.25, 0.3) is 26.9 Å². The molecule has 0 aliphatic rings. The lowest BCUT2D eigenvalue weighted by Crippen LogP contribution is -1.91. The van der Waals surface area contributed by atoms with E-state index >= 15 is 0 Å². The number of fused-ring (bicyclic) bond motifs is 1. The summed E-state index contributed by atoms with van der Waals surface area (Å²) in [6.45, 7) is 2.01. The van der Waals surface area contributed by atoms with E-state index in [0.717, 1.165) is 32.6 Å². The minimum Gasteiger partial charge on any atom is -0.481 e. The Balaban J connectivity index is 1.85. The second kappa shape index (κ2) is 5.19. The van der Waals surface area contributed by atoms with Crippen LogP contribution in [0.5, 0.6) is 5.88 Å². The molecule has 110 valence electrons. The highest BCUT2D eigenvalue weighted by atomic mass is 32.1. The summed E-state index contributed by atoms with van der Waals surface area (Å²) >= 11 is 3.23. The number of rotatable bonds is 3. The first-order valence-electron chi connectivity index (χ1n) is 6.65. The summed E-state index contributed by atoms with van der Waals surface area (Å²) in [5, 5.41) is 5.01. The molecule has 0 unspecified atom stereocenters. The molecule has 0 radical (unpaired) electrons. The minimum absolute atomic E-state index is 0.588. The lowest BCUT2D eigenvalue weighted by atomic mass is 10.2. The molecule has 0 saturated heterocycles. The third kappa shape index (κ3) is 2.01. The van der Waals surface area contributed by atoms with Gasteiger partial charge in [0, 0.05) is 23.2 Å². The van der Waals surface area contributed by atoms with E-state index in [2.05, 4.69) is 14.4 Å². The summed E-state index contributed by atoms with van der Waals surface area (Å²) in [4.78, 5) is 14.6. The van der Waals surface area contributed by atoms with Gasteiger partial charge < -0.3 is 4.74 Å². The first kappa shape index (κ1) is 13.4. The summed E-state index contributed by atoms with van der Waals surface area (Å²) in [7, 11) is 1.62. The van der Waals surface area contributed by atoms with Crippen molar-refractivity contribution in [2.24, 2.45) is 0 Å². The molecule has 4 heterocycles. The molecule has 0 bridgehead atoms. The smallest absolute Gasteiger partial charge is 0.222 e. The summed E-state index contributed by atoms with van der Waals surface area (Å²) in [6, 6.07) is 3.85. The molecule has 7 heteroatoms. The SMILES string of the molecule is COc1ncccc1-c1csc(-c2c(C)nc3sccn23)n1. The molecule has 4 rings (SSSR count). The van der Waals surface area contributed by atoms with Gasteiger partial charge >= 0.3 is 0 Å². The number of pyridine rings is 1.